The molecule has 0 amide bonds. The summed E-state index contributed by atoms with van der Waals surface area (Å²) in [5.41, 5.74) is 10.5. The van der Waals surface area contributed by atoms with Crippen LogP contribution in [0.15, 0.2) is 18.2 Å². The first-order valence-corrected chi connectivity index (χ1v) is 4.70. The number of hydrogen-bond donors (Lipinski definition) is 1. The lowest BCUT2D eigenvalue weighted by Gasteiger charge is -2.07. The first kappa shape index (κ1) is 9.85. The Bertz CT molecular complexity index is 324. The summed E-state index contributed by atoms with van der Waals surface area (Å²) in [5.74, 6) is 0. The lowest BCUT2D eigenvalue weighted by Crippen LogP contribution is -1.95. The van der Waals surface area contributed by atoms with Gasteiger partial charge >= 0.3 is 0 Å². The molecule has 1 heteroatoms. The molecule has 0 aromatic heterocycles. The van der Waals surface area contributed by atoms with Crippen LogP contribution in [0.5, 0.6) is 0 Å². The Kier molecular flexibility index (Phi) is 3.13. The average Bonchev–Trinajstić information content (AvgIpc) is 2.10. The van der Waals surface area contributed by atoms with Crippen LogP contribution in [0.3, 0.4) is 0 Å². The summed E-state index contributed by atoms with van der Waals surface area (Å²) in [7, 11) is 0. The number of anilines is 1. The van der Waals surface area contributed by atoms with Crippen molar-refractivity contribution < 1.29 is 0 Å². The van der Waals surface area contributed by atoms with Gasteiger partial charge in [-0.1, -0.05) is 19.1 Å². The van der Waals surface area contributed by atoms with Crippen LogP contribution in [0.4, 0.5) is 5.69 Å². The van der Waals surface area contributed by atoms with Gasteiger partial charge in [0.2, 0.25) is 0 Å². The first-order valence-electron chi connectivity index (χ1n) is 4.70. The molecule has 0 aliphatic heterocycles. The second kappa shape index (κ2) is 4.13. The highest BCUT2D eigenvalue weighted by molar-refractivity contribution is 5.61. The summed E-state index contributed by atoms with van der Waals surface area (Å²) in [5, 5.41) is 0. The van der Waals surface area contributed by atoms with Crippen LogP contribution >= 0.6 is 0 Å². The minimum atomic E-state index is 0.910. The molecule has 70 valence electrons. The Morgan fingerprint density at radius 3 is 2.62 bits per heavy atom. The molecule has 0 fully saturated rings. The van der Waals surface area contributed by atoms with Crippen LogP contribution < -0.4 is 5.73 Å². The topological polar surface area (TPSA) is 26.0 Å². The molecule has 0 bridgehead atoms. The molecule has 1 aromatic rings. The third-order valence-corrected chi connectivity index (χ3v) is 2.25. The van der Waals surface area contributed by atoms with Crippen molar-refractivity contribution in [1.82, 2.24) is 0 Å². The van der Waals surface area contributed by atoms with Crippen molar-refractivity contribution in [3.8, 4) is 0 Å². The lowest BCUT2D eigenvalue weighted by molar-refractivity contribution is 1.14. The van der Waals surface area contributed by atoms with Crippen molar-refractivity contribution in [1.29, 1.82) is 0 Å². The number of nitrogen functional groups attached to an aromatic ring is 1. The van der Waals surface area contributed by atoms with Crippen LogP contribution in [-0.2, 0) is 6.42 Å². The van der Waals surface area contributed by atoms with Gasteiger partial charge in [-0.2, -0.15) is 0 Å². The Morgan fingerprint density at radius 2 is 2.08 bits per heavy atom. The van der Waals surface area contributed by atoms with Gasteiger partial charge in [0, 0.05) is 5.69 Å². The average molecular weight is 175 g/mol. The van der Waals surface area contributed by atoms with Gasteiger partial charge in [0.25, 0.3) is 0 Å². The van der Waals surface area contributed by atoms with E-state index in [-0.39, 0.29) is 0 Å². The number of benzene rings is 1. The smallest absolute Gasteiger partial charge is 0.0349 e. The number of nitrogens with two attached hydrogens (primary N) is 1. The van der Waals surface area contributed by atoms with E-state index < -0.39 is 0 Å². The fraction of sp³-hybridized carbons (Fsp3) is 0.333. The predicted molar refractivity (Wildman–Crippen MR) is 59.7 cm³/mol. The molecular weight excluding hydrogens is 158 g/mol. The van der Waals surface area contributed by atoms with Gasteiger partial charge < -0.3 is 5.73 Å². The Balaban J connectivity index is 3.22. The van der Waals surface area contributed by atoms with Crippen LogP contribution in [0, 0.1) is 6.92 Å². The minimum absolute atomic E-state index is 0.910. The van der Waals surface area contributed by atoms with Gasteiger partial charge in [-0.25, -0.2) is 0 Å². The van der Waals surface area contributed by atoms with E-state index in [1.54, 1.807) is 0 Å². The van der Waals surface area contributed by atoms with Gasteiger partial charge in [-0.15, -0.1) is 0 Å². The van der Waals surface area contributed by atoms with Gasteiger partial charge in [0.1, 0.15) is 0 Å². The van der Waals surface area contributed by atoms with Gasteiger partial charge in [0.15, 0.2) is 0 Å². The highest BCUT2D eigenvalue weighted by Crippen LogP contribution is 2.20. The third-order valence-electron chi connectivity index (χ3n) is 2.25. The van der Waals surface area contributed by atoms with E-state index in [1.807, 2.05) is 13.0 Å². The van der Waals surface area contributed by atoms with Crippen LogP contribution in [0.1, 0.15) is 30.5 Å². The standard InChI is InChI=1S/C12H17N/c1-4-6-11-8-10(5-2)12(13)7-9(11)3/h4,6-8H,5,13H2,1-3H3/b6-4-. The molecule has 0 aliphatic carbocycles. The van der Waals surface area contributed by atoms with Crippen molar-refractivity contribution >= 4 is 11.8 Å². The third kappa shape index (κ3) is 2.11. The molecular formula is C12H17N. The molecule has 0 saturated heterocycles. The molecule has 1 nitrogen and oxygen atoms in total. The van der Waals surface area contributed by atoms with Crippen molar-refractivity contribution in [2.75, 3.05) is 5.73 Å². The van der Waals surface area contributed by atoms with Crippen molar-refractivity contribution in [3.05, 3.63) is 34.9 Å². The van der Waals surface area contributed by atoms with E-state index in [0.29, 0.717) is 0 Å². The second-order valence-electron chi connectivity index (χ2n) is 3.26. The van der Waals surface area contributed by atoms with E-state index in [1.165, 1.54) is 16.7 Å². The van der Waals surface area contributed by atoms with E-state index in [9.17, 15) is 0 Å². The maximum absolute atomic E-state index is 5.87. The van der Waals surface area contributed by atoms with Gasteiger partial charge in [-0.05, 0) is 49.1 Å². The second-order valence-corrected chi connectivity index (χ2v) is 3.26. The number of hydrogen-bond acceptors (Lipinski definition) is 1. The Morgan fingerprint density at radius 1 is 1.38 bits per heavy atom. The summed E-state index contributed by atoms with van der Waals surface area (Å²) >= 11 is 0. The van der Waals surface area contributed by atoms with Crippen LogP contribution in [0.2, 0.25) is 0 Å². The largest absolute Gasteiger partial charge is 0.398 e. The fourth-order valence-corrected chi connectivity index (χ4v) is 1.46. The van der Waals surface area contributed by atoms with E-state index in [0.717, 1.165) is 12.1 Å². The number of rotatable bonds is 2. The summed E-state index contributed by atoms with van der Waals surface area (Å²) in [4.78, 5) is 0. The van der Waals surface area contributed by atoms with Gasteiger partial charge in [0.05, 0.1) is 0 Å². The van der Waals surface area contributed by atoms with Crippen LogP contribution in [0.25, 0.3) is 6.08 Å². The molecule has 13 heavy (non-hydrogen) atoms. The van der Waals surface area contributed by atoms with E-state index in [2.05, 4.69) is 32.1 Å². The van der Waals surface area contributed by atoms with Gasteiger partial charge in [-0.3, -0.25) is 0 Å². The fourth-order valence-electron chi connectivity index (χ4n) is 1.46. The SMILES string of the molecule is C/C=C\c1cc(CC)c(N)cc1C. The lowest BCUT2D eigenvalue weighted by atomic mass is 10.0. The Hall–Kier alpha value is -1.24. The van der Waals surface area contributed by atoms with E-state index in [4.69, 9.17) is 5.73 Å². The highest BCUT2D eigenvalue weighted by Gasteiger charge is 2.00. The summed E-state index contributed by atoms with van der Waals surface area (Å²) in [6.07, 6.45) is 5.17. The quantitative estimate of drug-likeness (QED) is 0.686. The van der Waals surface area contributed by atoms with Crippen molar-refractivity contribution in [2.24, 2.45) is 0 Å². The molecule has 0 aliphatic rings. The monoisotopic (exact) mass is 175 g/mol. The molecule has 0 saturated carbocycles. The zero-order valence-electron chi connectivity index (χ0n) is 8.59. The first-order chi connectivity index (χ1) is 6.19. The molecule has 0 atom stereocenters. The van der Waals surface area contributed by atoms with Crippen LogP contribution in [-0.4, -0.2) is 0 Å². The van der Waals surface area contributed by atoms with Crippen molar-refractivity contribution in [3.63, 3.8) is 0 Å². The molecule has 0 spiro atoms. The van der Waals surface area contributed by atoms with E-state index >= 15 is 0 Å². The Labute approximate surface area is 80.3 Å². The predicted octanol–water partition coefficient (Wildman–Crippen LogP) is 3.17. The molecule has 1 rings (SSSR count). The number of aryl methyl sites for hydroxylation is 2. The summed E-state index contributed by atoms with van der Waals surface area (Å²) in [6, 6.07) is 4.22. The zero-order chi connectivity index (χ0) is 9.84. The maximum Gasteiger partial charge on any atom is 0.0349 e. The number of allylic oxidation sites excluding steroid dienone is 1. The summed E-state index contributed by atoms with van der Waals surface area (Å²) < 4.78 is 0. The molecule has 0 unspecified atom stereocenters. The molecule has 0 radical (unpaired) electrons. The molecule has 2 N–H and O–H groups in total. The molecule has 0 heterocycles. The maximum atomic E-state index is 5.87. The van der Waals surface area contributed by atoms with Crippen molar-refractivity contribution in [2.45, 2.75) is 27.2 Å². The summed E-state index contributed by atoms with van der Waals surface area (Å²) in [6.45, 7) is 6.24. The minimum Gasteiger partial charge on any atom is -0.398 e. The molecule has 1 aromatic carbocycles. The zero-order valence-corrected chi connectivity index (χ0v) is 8.59. The highest BCUT2D eigenvalue weighted by atomic mass is 14.6. The normalized spacial score (nSPS) is 11.0.